The molecule has 82 valence electrons. The Bertz CT molecular complexity index is 380. The van der Waals surface area contributed by atoms with E-state index < -0.39 is 17.5 Å². The zero-order chi connectivity index (χ0) is 11.4. The smallest absolute Gasteiger partial charge is 0.231 e. The normalized spacial score (nSPS) is 10.3. The average molecular weight is 214 g/mol. The van der Waals surface area contributed by atoms with Crippen molar-refractivity contribution >= 4 is 5.91 Å². The van der Waals surface area contributed by atoms with Gasteiger partial charge in [-0.1, -0.05) is 12.1 Å². The van der Waals surface area contributed by atoms with Gasteiger partial charge in [0.2, 0.25) is 5.91 Å². The number of carbonyl (C=O) groups is 1. The van der Waals surface area contributed by atoms with Gasteiger partial charge >= 0.3 is 0 Å². The van der Waals surface area contributed by atoms with Crippen LogP contribution in [0.3, 0.4) is 0 Å². The van der Waals surface area contributed by atoms with Gasteiger partial charge in [0, 0.05) is 12.1 Å². The first kappa shape index (κ1) is 11.6. The molecule has 0 fully saturated rings. The minimum Gasteiger partial charge on any atom is -0.369 e. The van der Waals surface area contributed by atoms with Crippen LogP contribution in [0.5, 0.6) is 0 Å². The van der Waals surface area contributed by atoms with Gasteiger partial charge in [-0.15, -0.1) is 0 Å². The molecule has 0 unspecified atom stereocenters. The summed E-state index contributed by atoms with van der Waals surface area (Å²) in [6.45, 7) is 1.50. The number of aryl methyl sites for hydroxylation is 1. The summed E-state index contributed by atoms with van der Waals surface area (Å²) in [6, 6.07) is 2.96. The summed E-state index contributed by atoms with van der Waals surface area (Å²) >= 11 is 0. The summed E-state index contributed by atoms with van der Waals surface area (Å²) < 4.78 is 26.3. The van der Waals surface area contributed by atoms with Crippen molar-refractivity contribution in [2.75, 3.05) is 6.54 Å². The fourth-order valence-corrected chi connectivity index (χ4v) is 1.14. The lowest BCUT2D eigenvalue weighted by Gasteiger charge is -2.06. The lowest BCUT2D eigenvalue weighted by atomic mass is 10.1. The van der Waals surface area contributed by atoms with E-state index in [1.807, 2.05) is 0 Å². The van der Waals surface area contributed by atoms with Gasteiger partial charge < -0.3 is 11.1 Å². The first-order valence-electron chi connectivity index (χ1n) is 4.45. The molecule has 0 aliphatic rings. The summed E-state index contributed by atoms with van der Waals surface area (Å²) in [5.41, 5.74) is 5.32. The summed E-state index contributed by atoms with van der Waals surface area (Å²) in [5.74, 6) is -2.27. The van der Waals surface area contributed by atoms with Gasteiger partial charge in [0.05, 0.1) is 6.54 Å². The van der Waals surface area contributed by atoms with E-state index >= 15 is 0 Å². The van der Waals surface area contributed by atoms with E-state index in [2.05, 4.69) is 5.32 Å². The van der Waals surface area contributed by atoms with Gasteiger partial charge in [-0.2, -0.15) is 0 Å². The van der Waals surface area contributed by atoms with Crippen molar-refractivity contribution in [3.63, 3.8) is 0 Å². The molecule has 0 radical (unpaired) electrons. The molecule has 0 bridgehead atoms. The highest BCUT2D eigenvalue weighted by Crippen LogP contribution is 2.15. The molecular weight excluding hydrogens is 202 g/mol. The van der Waals surface area contributed by atoms with Crippen LogP contribution >= 0.6 is 0 Å². The highest BCUT2D eigenvalue weighted by Gasteiger charge is 2.10. The van der Waals surface area contributed by atoms with E-state index in [0.29, 0.717) is 0 Å². The van der Waals surface area contributed by atoms with Gasteiger partial charge in [0.15, 0.2) is 11.6 Å². The quantitative estimate of drug-likeness (QED) is 0.780. The molecule has 15 heavy (non-hydrogen) atoms. The molecule has 0 aliphatic heterocycles. The minimum atomic E-state index is -0.882. The molecule has 5 heteroatoms. The van der Waals surface area contributed by atoms with Crippen LogP contribution in [0.4, 0.5) is 8.78 Å². The standard InChI is InChI=1S/C10H12F2N2O/c1-6-2-3-7(10(12)9(6)11)4-14-5-8(13)15/h2-3,14H,4-5H2,1H3,(H2,13,15). The van der Waals surface area contributed by atoms with Crippen molar-refractivity contribution in [1.82, 2.24) is 5.32 Å². The van der Waals surface area contributed by atoms with Crippen molar-refractivity contribution in [2.24, 2.45) is 5.73 Å². The number of primary amides is 1. The molecule has 0 saturated carbocycles. The first-order valence-corrected chi connectivity index (χ1v) is 4.45. The molecule has 1 aromatic carbocycles. The van der Waals surface area contributed by atoms with Gasteiger partial charge in [0.25, 0.3) is 0 Å². The van der Waals surface area contributed by atoms with E-state index in [0.717, 1.165) is 0 Å². The van der Waals surface area contributed by atoms with Crippen molar-refractivity contribution in [3.8, 4) is 0 Å². The Labute approximate surface area is 86.3 Å². The van der Waals surface area contributed by atoms with Crippen molar-refractivity contribution in [3.05, 3.63) is 34.9 Å². The van der Waals surface area contributed by atoms with Gasteiger partial charge in [-0.3, -0.25) is 4.79 Å². The molecule has 0 atom stereocenters. The molecule has 3 nitrogen and oxygen atoms in total. The van der Waals surface area contributed by atoms with Crippen LogP contribution in [-0.4, -0.2) is 12.5 Å². The second-order valence-corrected chi connectivity index (χ2v) is 3.24. The zero-order valence-corrected chi connectivity index (χ0v) is 8.31. The molecule has 0 heterocycles. The molecule has 0 saturated heterocycles. The van der Waals surface area contributed by atoms with Crippen LogP contribution in [0, 0.1) is 18.6 Å². The Morgan fingerprint density at radius 1 is 1.40 bits per heavy atom. The molecule has 1 aromatic rings. The first-order chi connectivity index (χ1) is 7.02. The Hall–Kier alpha value is -1.49. The van der Waals surface area contributed by atoms with Crippen molar-refractivity contribution < 1.29 is 13.6 Å². The topological polar surface area (TPSA) is 55.1 Å². The predicted molar refractivity (Wildman–Crippen MR) is 52.0 cm³/mol. The number of hydrogen-bond donors (Lipinski definition) is 2. The molecule has 0 aliphatic carbocycles. The number of hydrogen-bond acceptors (Lipinski definition) is 2. The highest BCUT2D eigenvalue weighted by molar-refractivity contribution is 5.75. The van der Waals surface area contributed by atoms with Crippen molar-refractivity contribution in [2.45, 2.75) is 13.5 Å². The molecule has 0 spiro atoms. The molecular formula is C10H12F2N2O. The summed E-state index contributed by atoms with van der Waals surface area (Å²) in [6.07, 6.45) is 0. The molecule has 1 amide bonds. The Balaban J connectivity index is 2.70. The number of nitrogens with one attached hydrogen (secondary N) is 1. The zero-order valence-electron chi connectivity index (χ0n) is 8.31. The highest BCUT2D eigenvalue weighted by atomic mass is 19.2. The number of halogens is 2. The fraction of sp³-hybridized carbons (Fsp3) is 0.300. The predicted octanol–water partition coefficient (Wildman–Crippen LogP) is 0.848. The van der Waals surface area contributed by atoms with Crippen LogP contribution in [0.1, 0.15) is 11.1 Å². The van der Waals surface area contributed by atoms with Crippen LogP contribution in [0.2, 0.25) is 0 Å². The lowest BCUT2D eigenvalue weighted by molar-refractivity contribution is -0.117. The number of carbonyl (C=O) groups excluding carboxylic acids is 1. The third-order valence-electron chi connectivity index (χ3n) is 1.97. The number of nitrogens with two attached hydrogens (primary N) is 1. The molecule has 3 N–H and O–H groups in total. The monoisotopic (exact) mass is 214 g/mol. The van der Waals surface area contributed by atoms with E-state index in [1.165, 1.54) is 19.1 Å². The lowest BCUT2D eigenvalue weighted by Crippen LogP contribution is -2.28. The molecule has 1 rings (SSSR count). The van der Waals surface area contributed by atoms with Crippen LogP contribution in [0.15, 0.2) is 12.1 Å². The van der Waals surface area contributed by atoms with E-state index in [4.69, 9.17) is 5.73 Å². The third kappa shape index (κ3) is 2.99. The Morgan fingerprint density at radius 3 is 2.67 bits per heavy atom. The fourth-order valence-electron chi connectivity index (χ4n) is 1.14. The summed E-state index contributed by atoms with van der Waals surface area (Å²) in [7, 11) is 0. The van der Waals surface area contributed by atoms with Gasteiger partial charge in [-0.25, -0.2) is 8.78 Å². The molecule has 0 aromatic heterocycles. The van der Waals surface area contributed by atoms with Crippen LogP contribution in [-0.2, 0) is 11.3 Å². The Morgan fingerprint density at radius 2 is 2.07 bits per heavy atom. The maximum absolute atomic E-state index is 13.3. The van der Waals surface area contributed by atoms with Gasteiger partial charge in [-0.05, 0) is 12.5 Å². The maximum Gasteiger partial charge on any atom is 0.231 e. The number of amides is 1. The second-order valence-electron chi connectivity index (χ2n) is 3.24. The van der Waals surface area contributed by atoms with Crippen molar-refractivity contribution in [1.29, 1.82) is 0 Å². The number of rotatable bonds is 4. The largest absolute Gasteiger partial charge is 0.369 e. The van der Waals surface area contributed by atoms with E-state index in [1.54, 1.807) is 0 Å². The second kappa shape index (κ2) is 4.84. The van der Waals surface area contributed by atoms with Crippen LogP contribution in [0.25, 0.3) is 0 Å². The average Bonchev–Trinajstić information content (AvgIpc) is 2.18. The minimum absolute atomic E-state index is 0.0606. The Kier molecular flexibility index (Phi) is 3.74. The summed E-state index contributed by atoms with van der Waals surface area (Å²) in [4.78, 5) is 10.4. The van der Waals surface area contributed by atoms with E-state index in [9.17, 15) is 13.6 Å². The van der Waals surface area contributed by atoms with E-state index in [-0.39, 0.29) is 24.2 Å². The van der Waals surface area contributed by atoms with Crippen LogP contribution < -0.4 is 11.1 Å². The summed E-state index contributed by atoms with van der Waals surface area (Å²) in [5, 5.41) is 2.61. The number of benzene rings is 1. The maximum atomic E-state index is 13.3. The SMILES string of the molecule is Cc1ccc(CNCC(N)=O)c(F)c1F. The van der Waals surface area contributed by atoms with Gasteiger partial charge in [0.1, 0.15) is 0 Å². The third-order valence-corrected chi connectivity index (χ3v) is 1.97.